The minimum absolute atomic E-state index is 0.0202. The Morgan fingerprint density at radius 2 is 1.95 bits per heavy atom. The van der Waals surface area contributed by atoms with Crippen molar-refractivity contribution in [3.8, 4) is 0 Å². The standard InChI is InChI=1S/C14H18F2N2O/c1-3-17-4-5-18(8-10(17)2)14-12(15)6-11(9-19)7-13(14)16/h6-7,9-10H,3-5,8H2,1-2H3. The van der Waals surface area contributed by atoms with Crippen molar-refractivity contribution in [3.05, 3.63) is 29.3 Å². The van der Waals surface area contributed by atoms with E-state index in [1.165, 1.54) is 0 Å². The number of piperazine rings is 1. The maximum Gasteiger partial charge on any atom is 0.150 e. The Bertz CT molecular complexity index is 456. The Morgan fingerprint density at radius 1 is 1.32 bits per heavy atom. The molecular formula is C14H18F2N2O. The van der Waals surface area contributed by atoms with Crippen molar-refractivity contribution in [2.24, 2.45) is 0 Å². The van der Waals surface area contributed by atoms with E-state index in [9.17, 15) is 13.6 Å². The smallest absolute Gasteiger partial charge is 0.150 e. The van der Waals surface area contributed by atoms with Crippen LogP contribution < -0.4 is 4.90 Å². The highest BCUT2D eigenvalue weighted by atomic mass is 19.1. The van der Waals surface area contributed by atoms with Crippen LogP contribution in [-0.2, 0) is 0 Å². The Labute approximate surface area is 111 Å². The van der Waals surface area contributed by atoms with Crippen molar-refractivity contribution in [3.63, 3.8) is 0 Å². The van der Waals surface area contributed by atoms with Crippen LogP contribution in [0.4, 0.5) is 14.5 Å². The fourth-order valence-electron chi connectivity index (χ4n) is 2.62. The van der Waals surface area contributed by atoms with Crippen LogP contribution in [0.1, 0.15) is 24.2 Å². The van der Waals surface area contributed by atoms with Gasteiger partial charge in [-0.25, -0.2) is 8.78 Å². The number of aldehydes is 1. The van der Waals surface area contributed by atoms with Gasteiger partial charge in [0, 0.05) is 31.2 Å². The van der Waals surface area contributed by atoms with Gasteiger partial charge in [-0.1, -0.05) is 6.92 Å². The van der Waals surface area contributed by atoms with E-state index in [0.717, 1.165) is 25.2 Å². The van der Waals surface area contributed by atoms with E-state index in [0.29, 0.717) is 19.4 Å². The van der Waals surface area contributed by atoms with Gasteiger partial charge in [0.15, 0.2) is 0 Å². The monoisotopic (exact) mass is 268 g/mol. The van der Waals surface area contributed by atoms with E-state index in [2.05, 4.69) is 11.8 Å². The summed E-state index contributed by atoms with van der Waals surface area (Å²) in [5.74, 6) is -1.33. The van der Waals surface area contributed by atoms with Gasteiger partial charge < -0.3 is 4.90 Å². The van der Waals surface area contributed by atoms with E-state index in [-0.39, 0.29) is 17.3 Å². The predicted octanol–water partition coefficient (Wildman–Crippen LogP) is 2.31. The summed E-state index contributed by atoms with van der Waals surface area (Å²) in [4.78, 5) is 14.6. The van der Waals surface area contributed by atoms with Crippen LogP contribution in [0.15, 0.2) is 12.1 Å². The highest BCUT2D eigenvalue weighted by molar-refractivity contribution is 5.76. The molecule has 2 rings (SSSR count). The first-order chi connectivity index (χ1) is 9.06. The molecule has 104 valence electrons. The second-order valence-electron chi connectivity index (χ2n) is 4.87. The highest BCUT2D eigenvalue weighted by Crippen LogP contribution is 2.26. The molecule has 0 aromatic heterocycles. The lowest BCUT2D eigenvalue weighted by atomic mass is 10.1. The predicted molar refractivity (Wildman–Crippen MR) is 70.7 cm³/mol. The molecule has 1 saturated heterocycles. The third-order valence-corrected chi connectivity index (χ3v) is 3.66. The van der Waals surface area contributed by atoms with E-state index in [4.69, 9.17) is 0 Å². The lowest BCUT2D eigenvalue weighted by Crippen LogP contribution is -2.52. The number of halogens is 2. The van der Waals surface area contributed by atoms with Crippen LogP contribution in [0.3, 0.4) is 0 Å². The molecular weight excluding hydrogens is 250 g/mol. The average Bonchev–Trinajstić information content (AvgIpc) is 2.38. The van der Waals surface area contributed by atoms with Crippen LogP contribution in [0.25, 0.3) is 0 Å². The third kappa shape index (κ3) is 2.76. The number of nitrogens with zero attached hydrogens (tertiary/aromatic N) is 2. The normalized spacial score (nSPS) is 20.6. The van der Waals surface area contributed by atoms with Crippen LogP contribution in [-0.4, -0.2) is 43.4 Å². The number of likely N-dealkylation sites (N-methyl/N-ethyl adjacent to an activating group) is 1. The molecule has 0 saturated carbocycles. The van der Waals surface area contributed by atoms with Gasteiger partial charge in [-0.15, -0.1) is 0 Å². The summed E-state index contributed by atoms with van der Waals surface area (Å²) in [5, 5.41) is 0. The summed E-state index contributed by atoms with van der Waals surface area (Å²) in [6.45, 7) is 7.02. The van der Waals surface area contributed by atoms with Gasteiger partial charge in [-0.05, 0) is 25.6 Å². The van der Waals surface area contributed by atoms with Gasteiger partial charge in [-0.3, -0.25) is 9.69 Å². The van der Waals surface area contributed by atoms with Crippen LogP contribution >= 0.6 is 0 Å². The highest BCUT2D eigenvalue weighted by Gasteiger charge is 2.26. The molecule has 1 fully saturated rings. The number of benzene rings is 1. The minimum atomic E-state index is -0.667. The fraction of sp³-hybridized carbons (Fsp3) is 0.500. The molecule has 1 unspecified atom stereocenters. The Balaban J connectivity index is 2.26. The largest absolute Gasteiger partial charge is 0.364 e. The molecule has 0 spiro atoms. The maximum absolute atomic E-state index is 13.9. The zero-order valence-electron chi connectivity index (χ0n) is 11.2. The number of carbonyl (C=O) groups excluding carboxylic acids is 1. The van der Waals surface area contributed by atoms with Gasteiger partial charge >= 0.3 is 0 Å². The summed E-state index contributed by atoms with van der Waals surface area (Å²) < 4.78 is 27.9. The van der Waals surface area contributed by atoms with E-state index in [1.807, 2.05) is 6.92 Å². The lowest BCUT2D eigenvalue weighted by Gasteiger charge is -2.40. The van der Waals surface area contributed by atoms with E-state index >= 15 is 0 Å². The fourth-order valence-corrected chi connectivity index (χ4v) is 2.62. The van der Waals surface area contributed by atoms with Crippen LogP contribution in [0, 0.1) is 11.6 Å². The summed E-state index contributed by atoms with van der Waals surface area (Å²) in [6, 6.07) is 2.42. The SMILES string of the molecule is CCN1CCN(c2c(F)cc(C=O)cc2F)CC1C. The molecule has 0 bridgehead atoms. The second-order valence-corrected chi connectivity index (χ2v) is 4.87. The molecule has 1 heterocycles. The summed E-state index contributed by atoms with van der Waals surface area (Å²) in [5.41, 5.74) is 0.00666. The number of rotatable bonds is 3. The van der Waals surface area contributed by atoms with E-state index < -0.39 is 11.6 Å². The molecule has 0 N–H and O–H groups in total. The van der Waals surface area contributed by atoms with Crippen molar-refractivity contribution in [1.82, 2.24) is 4.90 Å². The summed E-state index contributed by atoms with van der Waals surface area (Å²) in [7, 11) is 0. The number of carbonyl (C=O) groups is 1. The zero-order chi connectivity index (χ0) is 14.0. The molecule has 5 heteroatoms. The second kappa shape index (κ2) is 5.65. The van der Waals surface area contributed by atoms with Crippen molar-refractivity contribution in [1.29, 1.82) is 0 Å². The summed E-state index contributed by atoms with van der Waals surface area (Å²) >= 11 is 0. The number of anilines is 1. The van der Waals surface area contributed by atoms with Gasteiger partial charge in [0.05, 0.1) is 0 Å². The number of hydrogen-bond acceptors (Lipinski definition) is 3. The third-order valence-electron chi connectivity index (χ3n) is 3.66. The molecule has 19 heavy (non-hydrogen) atoms. The molecule has 1 aliphatic heterocycles. The molecule has 0 aliphatic carbocycles. The quantitative estimate of drug-likeness (QED) is 0.786. The first kappa shape index (κ1) is 13.9. The number of hydrogen-bond donors (Lipinski definition) is 0. The molecule has 1 atom stereocenters. The van der Waals surface area contributed by atoms with Gasteiger partial charge in [-0.2, -0.15) is 0 Å². The van der Waals surface area contributed by atoms with Crippen molar-refractivity contribution < 1.29 is 13.6 Å². The Morgan fingerprint density at radius 3 is 2.42 bits per heavy atom. The molecule has 1 aliphatic rings. The molecule has 0 amide bonds. The average molecular weight is 268 g/mol. The van der Waals surface area contributed by atoms with Gasteiger partial charge in [0.25, 0.3) is 0 Å². The lowest BCUT2D eigenvalue weighted by molar-refractivity contribution is 0.112. The molecule has 3 nitrogen and oxygen atoms in total. The minimum Gasteiger partial charge on any atom is -0.364 e. The Hall–Kier alpha value is -1.49. The Kier molecular flexibility index (Phi) is 4.14. The molecule has 0 radical (unpaired) electrons. The molecule has 1 aromatic carbocycles. The maximum atomic E-state index is 13.9. The van der Waals surface area contributed by atoms with E-state index in [1.54, 1.807) is 4.90 Å². The van der Waals surface area contributed by atoms with Crippen LogP contribution in [0.5, 0.6) is 0 Å². The van der Waals surface area contributed by atoms with Crippen molar-refractivity contribution in [2.75, 3.05) is 31.1 Å². The molecule has 1 aromatic rings. The van der Waals surface area contributed by atoms with Crippen molar-refractivity contribution in [2.45, 2.75) is 19.9 Å². The van der Waals surface area contributed by atoms with Crippen LogP contribution in [0.2, 0.25) is 0 Å². The first-order valence-electron chi connectivity index (χ1n) is 6.50. The first-order valence-corrected chi connectivity index (χ1v) is 6.50. The summed E-state index contributed by atoms with van der Waals surface area (Å²) in [6.07, 6.45) is 0.452. The van der Waals surface area contributed by atoms with Gasteiger partial charge in [0.1, 0.15) is 23.6 Å². The van der Waals surface area contributed by atoms with Gasteiger partial charge in [0.2, 0.25) is 0 Å². The topological polar surface area (TPSA) is 23.6 Å². The van der Waals surface area contributed by atoms with Crippen molar-refractivity contribution >= 4 is 12.0 Å². The zero-order valence-corrected chi connectivity index (χ0v) is 11.2.